The summed E-state index contributed by atoms with van der Waals surface area (Å²) in [6.45, 7) is 12.0. The Morgan fingerprint density at radius 1 is 0.273 bits per heavy atom. The van der Waals surface area contributed by atoms with E-state index in [1.165, 1.54) is 225 Å². The predicted molar refractivity (Wildman–Crippen MR) is 405 cm³/mol. The molecule has 0 aliphatic carbocycles. The van der Waals surface area contributed by atoms with E-state index in [0.29, 0.717) is 25.7 Å². The number of hydrogen-bond donors (Lipinski definition) is 3. The van der Waals surface area contributed by atoms with Gasteiger partial charge in [0.05, 0.1) is 26.4 Å². The van der Waals surface area contributed by atoms with Gasteiger partial charge in [0.1, 0.15) is 19.3 Å². The van der Waals surface area contributed by atoms with Crippen molar-refractivity contribution in [3.8, 4) is 0 Å². The molecular weight excluding hydrogens is 1290 g/mol. The fourth-order valence-electron chi connectivity index (χ4n) is 12.3. The van der Waals surface area contributed by atoms with E-state index < -0.39 is 97.5 Å². The number of hydrogen-bond acceptors (Lipinski definition) is 15. The number of carbonyl (C=O) groups excluding carboxylic acids is 4. The summed E-state index contributed by atoms with van der Waals surface area (Å²) >= 11 is 0. The minimum absolute atomic E-state index is 0.107. The average Bonchev–Trinajstić information content (AvgIpc) is 2.34. The van der Waals surface area contributed by atoms with Crippen molar-refractivity contribution in [2.24, 2.45) is 17.8 Å². The number of aliphatic hydroxyl groups excluding tert-OH is 1. The Labute approximate surface area is 607 Å². The van der Waals surface area contributed by atoms with Crippen LogP contribution in [0.2, 0.25) is 0 Å². The number of esters is 4. The van der Waals surface area contributed by atoms with Crippen LogP contribution in [0.5, 0.6) is 0 Å². The second kappa shape index (κ2) is 70.4. The molecule has 5 atom stereocenters. The van der Waals surface area contributed by atoms with Gasteiger partial charge in [0, 0.05) is 25.7 Å². The van der Waals surface area contributed by atoms with Crippen molar-refractivity contribution in [2.75, 3.05) is 39.6 Å². The molecule has 19 heteroatoms. The molecule has 0 aliphatic heterocycles. The van der Waals surface area contributed by atoms with Gasteiger partial charge in [-0.3, -0.25) is 37.3 Å². The molecule has 0 bridgehead atoms. The van der Waals surface area contributed by atoms with E-state index >= 15 is 0 Å². The van der Waals surface area contributed by atoms with E-state index in [2.05, 4.69) is 48.5 Å². The van der Waals surface area contributed by atoms with E-state index in [9.17, 15) is 43.2 Å². The standard InChI is InChI=1S/C80H156O17P2/c1-8-9-10-11-12-13-14-27-33-42-49-56-63-79(84)97-76(68-91-78(83)62-55-48-41-36-35-39-46-53-60-73(6)7)70-95-99(88,89)93-66-74(81)65-92-98(86,87)94-69-75(67-90-77(82)61-54-47-40-32-28-23-20-19-22-26-31-38-45-52-59-72(4)5)96-80(85)64-57-50-43-34-29-24-18-16-15-17-21-25-30-37-44-51-58-71(2)3/h71-76,81H,8-70H2,1-7H3,(H,86,87)(H,88,89)/t74-,75-,76-/m1/s1. The first-order valence-electron chi connectivity index (χ1n) is 41.3. The van der Waals surface area contributed by atoms with Gasteiger partial charge in [0.25, 0.3) is 0 Å². The monoisotopic (exact) mass is 1450 g/mol. The summed E-state index contributed by atoms with van der Waals surface area (Å²) in [7, 11) is -9.92. The van der Waals surface area contributed by atoms with Gasteiger partial charge in [-0.05, 0) is 43.4 Å². The molecule has 99 heavy (non-hydrogen) atoms. The Balaban J connectivity index is 5.24. The lowest BCUT2D eigenvalue weighted by molar-refractivity contribution is -0.161. The number of ether oxygens (including phenoxy) is 4. The zero-order chi connectivity index (χ0) is 73.0. The lowest BCUT2D eigenvalue weighted by Gasteiger charge is -2.21. The second-order valence-corrected chi connectivity index (χ2v) is 33.1. The molecular formula is C80H156O17P2. The molecule has 0 fully saturated rings. The third-order valence-corrected chi connectivity index (χ3v) is 20.5. The van der Waals surface area contributed by atoms with Crippen molar-refractivity contribution in [1.29, 1.82) is 0 Å². The molecule has 3 N–H and O–H groups in total. The molecule has 0 saturated heterocycles. The van der Waals surface area contributed by atoms with E-state index in [4.69, 9.17) is 37.0 Å². The van der Waals surface area contributed by atoms with Crippen LogP contribution in [0.4, 0.5) is 0 Å². The third kappa shape index (κ3) is 74.1. The maximum absolute atomic E-state index is 13.1. The van der Waals surface area contributed by atoms with Gasteiger partial charge in [0.15, 0.2) is 12.2 Å². The number of unbranched alkanes of at least 4 members (excludes halogenated alkanes) is 46. The van der Waals surface area contributed by atoms with Crippen LogP contribution in [0.25, 0.3) is 0 Å². The van der Waals surface area contributed by atoms with Gasteiger partial charge in [-0.25, -0.2) is 9.13 Å². The van der Waals surface area contributed by atoms with Crippen molar-refractivity contribution >= 4 is 39.5 Å². The van der Waals surface area contributed by atoms with Crippen molar-refractivity contribution in [3.05, 3.63) is 0 Å². The van der Waals surface area contributed by atoms with Gasteiger partial charge >= 0.3 is 39.5 Å². The van der Waals surface area contributed by atoms with Crippen molar-refractivity contribution < 1.29 is 80.2 Å². The summed E-state index contributed by atoms with van der Waals surface area (Å²) in [6.07, 6.45) is 58.2. The Kier molecular flexibility index (Phi) is 69.0. The molecule has 17 nitrogen and oxygen atoms in total. The van der Waals surface area contributed by atoms with Crippen LogP contribution < -0.4 is 0 Å². The summed E-state index contributed by atoms with van der Waals surface area (Å²) in [5, 5.41) is 10.6. The Bertz CT molecular complexity index is 1920. The number of rotatable bonds is 78. The van der Waals surface area contributed by atoms with Crippen LogP contribution >= 0.6 is 15.6 Å². The smallest absolute Gasteiger partial charge is 0.462 e. The molecule has 0 saturated carbocycles. The molecule has 0 radical (unpaired) electrons. The maximum atomic E-state index is 13.1. The van der Waals surface area contributed by atoms with Crippen LogP contribution in [0.15, 0.2) is 0 Å². The highest BCUT2D eigenvalue weighted by Crippen LogP contribution is 2.45. The van der Waals surface area contributed by atoms with Crippen molar-refractivity contribution in [2.45, 2.75) is 433 Å². The molecule has 588 valence electrons. The Morgan fingerprint density at radius 2 is 0.465 bits per heavy atom. The predicted octanol–water partition coefficient (Wildman–Crippen LogP) is 23.7. The van der Waals surface area contributed by atoms with Gasteiger partial charge in [-0.15, -0.1) is 0 Å². The number of carbonyl (C=O) groups is 4. The maximum Gasteiger partial charge on any atom is 0.472 e. The molecule has 0 aliphatic rings. The molecule has 0 amide bonds. The fraction of sp³-hybridized carbons (Fsp3) is 0.950. The normalized spacial score (nSPS) is 14.0. The van der Waals surface area contributed by atoms with Crippen LogP contribution in [-0.4, -0.2) is 96.7 Å². The van der Waals surface area contributed by atoms with Crippen LogP contribution in [-0.2, 0) is 65.4 Å². The summed E-state index contributed by atoms with van der Waals surface area (Å²) in [6, 6.07) is 0. The van der Waals surface area contributed by atoms with Crippen LogP contribution in [0, 0.1) is 17.8 Å². The van der Waals surface area contributed by atoms with Gasteiger partial charge < -0.3 is 33.8 Å². The van der Waals surface area contributed by atoms with E-state index in [-0.39, 0.29) is 25.7 Å². The molecule has 0 aromatic carbocycles. The lowest BCUT2D eigenvalue weighted by atomic mass is 10.0. The molecule has 2 unspecified atom stereocenters. The van der Waals surface area contributed by atoms with Gasteiger partial charge in [0.2, 0.25) is 0 Å². The highest BCUT2D eigenvalue weighted by atomic mass is 31.2. The van der Waals surface area contributed by atoms with E-state index in [1.807, 2.05) is 0 Å². The molecule has 0 heterocycles. The van der Waals surface area contributed by atoms with Crippen molar-refractivity contribution in [1.82, 2.24) is 0 Å². The topological polar surface area (TPSA) is 237 Å². The Hall–Kier alpha value is -1.94. The number of aliphatic hydroxyl groups is 1. The van der Waals surface area contributed by atoms with Gasteiger partial charge in [-0.1, -0.05) is 363 Å². The second-order valence-electron chi connectivity index (χ2n) is 30.2. The number of phosphoric acid groups is 2. The summed E-state index contributed by atoms with van der Waals surface area (Å²) in [5.74, 6) is 0.224. The van der Waals surface area contributed by atoms with Crippen molar-refractivity contribution in [3.63, 3.8) is 0 Å². The zero-order valence-corrected chi connectivity index (χ0v) is 66.8. The largest absolute Gasteiger partial charge is 0.472 e. The van der Waals surface area contributed by atoms with Crippen LogP contribution in [0.1, 0.15) is 414 Å². The van der Waals surface area contributed by atoms with Gasteiger partial charge in [-0.2, -0.15) is 0 Å². The third-order valence-electron chi connectivity index (χ3n) is 18.6. The first-order chi connectivity index (χ1) is 47.7. The molecule has 0 aromatic rings. The average molecular weight is 1450 g/mol. The molecule has 0 spiro atoms. The van der Waals surface area contributed by atoms with E-state index in [1.54, 1.807) is 0 Å². The lowest BCUT2D eigenvalue weighted by Crippen LogP contribution is -2.30. The zero-order valence-electron chi connectivity index (χ0n) is 65.0. The summed E-state index contributed by atoms with van der Waals surface area (Å²) in [5.41, 5.74) is 0. The molecule has 0 aromatic heterocycles. The number of phosphoric ester groups is 2. The minimum atomic E-state index is -4.96. The summed E-state index contributed by atoms with van der Waals surface area (Å²) < 4.78 is 68.7. The SMILES string of the molecule is CCCCCCCCCCCCCCC(=O)O[C@H](COC(=O)CCCCCCCCCCC(C)C)COP(=O)(O)OC[C@H](O)COP(=O)(O)OC[C@@H](COC(=O)CCCCCCCCCCCCCCCCC(C)C)OC(=O)CCCCCCCCCCCCCCCCCCC(C)C. The first-order valence-corrected chi connectivity index (χ1v) is 44.3. The summed E-state index contributed by atoms with van der Waals surface area (Å²) in [4.78, 5) is 73.0. The quantitative estimate of drug-likeness (QED) is 0.0222. The Morgan fingerprint density at radius 3 is 0.687 bits per heavy atom. The minimum Gasteiger partial charge on any atom is -0.462 e. The molecule has 0 rings (SSSR count). The van der Waals surface area contributed by atoms with Crippen LogP contribution in [0.3, 0.4) is 0 Å². The first kappa shape index (κ1) is 97.1. The highest BCUT2D eigenvalue weighted by Gasteiger charge is 2.30. The fourth-order valence-corrected chi connectivity index (χ4v) is 13.9. The highest BCUT2D eigenvalue weighted by molar-refractivity contribution is 7.47. The van der Waals surface area contributed by atoms with E-state index in [0.717, 1.165) is 108 Å².